The summed E-state index contributed by atoms with van der Waals surface area (Å²) in [5.74, 6) is 0. The second kappa shape index (κ2) is 8.97. The highest BCUT2D eigenvalue weighted by Gasteiger charge is 2.21. The smallest absolute Gasteiger partial charge is 0.410 e. The van der Waals surface area contributed by atoms with Gasteiger partial charge in [0.2, 0.25) is 0 Å². The molecule has 0 spiro atoms. The molecule has 0 saturated carbocycles. The summed E-state index contributed by atoms with van der Waals surface area (Å²) < 4.78 is 5.27. The predicted molar refractivity (Wildman–Crippen MR) is 81.5 cm³/mol. The number of hydrogen-bond donors (Lipinski definition) is 0. The average molecular weight is 328 g/mol. The van der Waals surface area contributed by atoms with E-state index >= 15 is 0 Å². The maximum atomic E-state index is 11.8. The summed E-state index contributed by atoms with van der Waals surface area (Å²) in [7, 11) is 0. The van der Waals surface area contributed by atoms with Crippen molar-refractivity contribution in [2.75, 3.05) is 13.1 Å². The Balaban J connectivity index is 0.000000861. The lowest BCUT2D eigenvalue weighted by Gasteiger charge is -2.28. The first-order valence-corrected chi connectivity index (χ1v) is 7.77. The summed E-state index contributed by atoms with van der Waals surface area (Å²) in [5.41, 5.74) is 1.02. The third-order valence-corrected chi connectivity index (χ3v) is 3.80. The Kier molecular flexibility index (Phi) is 7.56. The van der Waals surface area contributed by atoms with Gasteiger partial charge < -0.3 is 9.64 Å². The van der Waals surface area contributed by atoms with Crippen LogP contribution in [0.4, 0.5) is 4.79 Å². The number of rotatable bonds is 2. The number of benzene rings is 1. The zero-order valence-electron chi connectivity index (χ0n) is 11.6. The van der Waals surface area contributed by atoms with E-state index in [1.54, 1.807) is 4.90 Å². The number of carbonyl (C=O) groups excluding carboxylic acids is 1. The highest BCUT2D eigenvalue weighted by Crippen LogP contribution is 2.18. The molecule has 1 heterocycles. The molecular formula is C15H22BrNO2. The summed E-state index contributed by atoms with van der Waals surface area (Å²) in [6.07, 6.45) is 1.80. The second-order valence-corrected chi connectivity index (χ2v) is 5.50. The van der Waals surface area contributed by atoms with Gasteiger partial charge in [-0.2, -0.15) is 0 Å². The molecule has 3 nitrogen and oxygen atoms in total. The Labute approximate surface area is 124 Å². The van der Waals surface area contributed by atoms with Gasteiger partial charge in [-0.15, -0.1) is 0 Å². The number of hydrogen-bond acceptors (Lipinski definition) is 2. The van der Waals surface area contributed by atoms with Gasteiger partial charge >= 0.3 is 6.09 Å². The molecule has 0 bridgehead atoms. The second-order valence-electron chi connectivity index (χ2n) is 4.20. The van der Waals surface area contributed by atoms with Crippen molar-refractivity contribution in [1.29, 1.82) is 0 Å². The van der Waals surface area contributed by atoms with Crippen LogP contribution in [0.5, 0.6) is 0 Å². The van der Waals surface area contributed by atoms with Gasteiger partial charge in [0.25, 0.3) is 0 Å². The quantitative estimate of drug-likeness (QED) is 0.761. The summed E-state index contributed by atoms with van der Waals surface area (Å²) >= 11 is 3.56. The number of piperidine rings is 1. The first-order valence-electron chi connectivity index (χ1n) is 6.85. The molecule has 0 aliphatic carbocycles. The van der Waals surface area contributed by atoms with Crippen LogP contribution in [0, 0.1) is 0 Å². The van der Waals surface area contributed by atoms with Gasteiger partial charge in [0.15, 0.2) is 0 Å². The minimum atomic E-state index is -0.201. The lowest BCUT2D eigenvalue weighted by atomic mass is 10.1. The van der Waals surface area contributed by atoms with Crippen molar-refractivity contribution in [1.82, 2.24) is 4.90 Å². The van der Waals surface area contributed by atoms with E-state index in [4.69, 9.17) is 4.74 Å². The van der Waals surface area contributed by atoms with Gasteiger partial charge in [-0.1, -0.05) is 60.1 Å². The molecule has 1 aromatic rings. The van der Waals surface area contributed by atoms with E-state index in [0.717, 1.165) is 31.5 Å². The Morgan fingerprint density at radius 2 is 1.84 bits per heavy atom. The lowest BCUT2D eigenvalue weighted by molar-refractivity contribution is 0.0903. The number of nitrogens with zero attached hydrogens (tertiary/aromatic N) is 1. The Bertz CT molecular complexity index is 362. The lowest BCUT2D eigenvalue weighted by Crippen LogP contribution is -2.38. The van der Waals surface area contributed by atoms with E-state index in [1.165, 1.54) is 0 Å². The van der Waals surface area contributed by atoms with Gasteiger partial charge in [-0.3, -0.25) is 0 Å². The standard InChI is InChI=1S/C13H16BrNO2.C2H6/c14-12-6-8-15(9-7-12)13(16)17-10-11-4-2-1-3-5-11;1-2/h1-5,12H,6-10H2;1-2H3. The van der Waals surface area contributed by atoms with Crippen LogP contribution in [0.25, 0.3) is 0 Å². The van der Waals surface area contributed by atoms with Crippen molar-refractivity contribution in [3.8, 4) is 0 Å². The predicted octanol–water partition coefficient (Wildman–Crippen LogP) is 4.21. The maximum absolute atomic E-state index is 11.8. The van der Waals surface area contributed by atoms with Crippen LogP contribution in [-0.4, -0.2) is 28.9 Å². The van der Waals surface area contributed by atoms with E-state index in [-0.39, 0.29) is 6.09 Å². The molecule has 4 heteroatoms. The fraction of sp³-hybridized carbons (Fsp3) is 0.533. The summed E-state index contributed by atoms with van der Waals surface area (Å²) in [6, 6.07) is 9.75. The van der Waals surface area contributed by atoms with E-state index < -0.39 is 0 Å². The van der Waals surface area contributed by atoms with Gasteiger partial charge in [0.05, 0.1) is 0 Å². The SMILES string of the molecule is CC.O=C(OCc1ccccc1)N1CCC(Br)CC1. The molecule has 1 aliphatic heterocycles. The molecule has 106 valence electrons. The number of likely N-dealkylation sites (tertiary alicyclic amines) is 1. The van der Waals surface area contributed by atoms with E-state index in [0.29, 0.717) is 11.4 Å². The molecular weight excluding hydrogens is 306 g/mol. The van der Waals surface area contributed by atoms with Crippen LogP contribution >= 0.6 is 15.9 Å². The van der Waals surface area contributed by atoms with Crippen molar-refractivity contribution in [3.05, 3.63) is 35.9 Å². The topological polar surface area (TPSA) is 29.5 Å². The summed E-state index contributed by atoms with van der Waals surface area (Å²) in [6.45, 7) is 5.92. The molecule has 1 saturated heterocycles. The molecule has 19 heavy (non-hydrogen) atoms. The third kappa shape index (κ3) is 5.64. The van der Waals surface area contributed by atoms with Crippen molar-refractivity contribution >= 4 is 22.0 Å². The highest BCUT2D eigenvalue weighted by atomic mass is 79.9. The van der Waals surface area contributed by atoms with Gasteiger partial charge in [-0.25, -0.2) is 4.79 Å². The molecule has 0 unspecified atom stereocenters. The normalized spacial score (nSPS) is 15.4. The minimum Gasteiger partial charge on any atom is -0.445 e. The molecule has 0 N–H and O–H groups in total. The van der Waals surface area contributed by atoms with Gasteiger partial charge in [0.1, 0.15) is 6.61 Å². The maximum Gasteiger partial charge on any atom is 0.410 e. The zero-order chi connectivity index (χ0) is 14.1. The van der Waals surface area contributed by atoms with Crippen LogP contribution in [-0.2, 0) is 11.3 Å². The van der Waals surface area contributed by atoms with Crippen LogP contribution in [0.3, 0.4) is 0 Å². The molecule has 0 radical (unpaired) electrons. The van der Waals surface area contributed by atoms with Crippen molar-refractivity contribution in [3.63, 3.8) is 0 Å². The van der Waals surface area contributed by atoms with Gasteiger partial charge in [0, 0.05) is 17.9 Å². The van der Waals surface area contributed by atoms with Crippen molar-refractivity contribution in [2.24, 2.45) is 0 Å². The van der Waals surface area contributed by atoms with E-state index in [9.17, 15) is 4.79 Å². The molecule has 0 atom stereocenters. The highest BCUT2D eigenvalue weighted by molar-refractivity contribution is 9.09. The van der Waals surface area contributed by atoms with Crippen LogP contribution in [0.2, 0.25) is 0 Å². The number of alkyl halides is 1. The van der Waals surface area contributed by atoms with Crippen molar-refractivity contribution in [2.45, 2.75) is 38.1 Å². The molecule has 1 aromatic carbocycles. The zero-order valence-corrected chi connectivity index (χ0v) is 13.2. The number of ether oxygens (including phenoxy) is 1. The molecule has 0 aromatic heterocycles. The molecule has 2 rings (SSSR count). The number of carbonyl (C=O) groups is 1. The number of amides is 1. The monoisotopic (exact) mass is 327 g/mol. The fourth-order valence-corrected chi connectivity index (χ4v) is 2.25. The third-order valence-electron chi connectivity index (χ3n) is 2.89. The minimum absolute atomic E-state index is 0.201. The first-order chi connectivity index (χ1) is 9.25. The van der Waals surface area contributed by atoms with Crippen LogP contribution < -0.4 is 0 Å². The van der Waals surface area contributed by atoms with Gasteiger partial charge in [-0.05, 0) is 18.4 Å². The average Bonchev–Trinajstić information content (AvgIpc) is 2.49. The molecule has 1 aliphatic rings. The van der Waals surface area contributed by atoms with Crippen LogP contribution in [0.1, 0.15) is 32.3 Å². The molecule has 1 amide bonds. The van der Waals surface area contributed by atoms with Crippen molar-refractivity contribution < 1.29 is 9.53 Å². The Hall–Kier alpha value is -1.03. The largest absolute Gasteiger partial charge is 0.445 e. The molecule has 1 fully saturated rings. The Morgan fingerprint density at radius 3 is 2.42 bits per heavy atom. The summed E-state index contributed by atoms with van der Waals surface area (Å²) in [5, 5.41) is 0. The first kappa shape index (κ1) is 16.0. The van der Waals surface area contributed by atoms with E-state index in [2.05, 4.69) is 15.9 Å². The fourth-order valence-electron chi connectivity index (χ4n) is 1.84. The Morgan fingerprint density at radius 1 is 1.26 bits per heavy atom. The summed E-state index contributed by atoms with van der Waals surface area (Å²) in [4.78, 5) is 14.1. The van der Waals surface area contributed by atoms with E-state index in [1.807, 2.05) is 44.2 Å². The number of halogens is 1. The van der Waals surface area contributed by atoms with Crippen LogP contribution in [0.15, 0.2) is 30.3 Å².